The van der Waals surface area contributed by atoms with Crippen molar-refractivity contribution >= 4 is 11.7 Å². The van der Waals surface area contributed by atoms with Crippen molar-refractivity contribution in [3.8, 4) is 0 Å². The summed E-state index contributed by atoms with van der Waals surface area (Å²) in [5, 5.41) is 10.4. The van der Waals surface area contributed by atoms with Crippen LogP contribution in [0.4, 0.5) is 0 Å². The van der Waals surface area contributed by atoms with E-state index < -0.39 is 23.5 Å². The summed E-state index contributed by atoms with van der Waals surface area (Å²) < 4.78 is 5.18. The van der Waals surface area contributed by atoms with Gasteiger partial charge in [-0.05, 0) is 56.9 Å². The summed E-state index contributed by atoms with van der Waals surface area (Å²) in [6, 6.07) is 5.93. The van der Waals surface area contributed by atoms with Crippen LogP contribution in [0.5, 0.6) is 0 Å². The predicted molar refractivity (Wildman–Crippen MR) is 94.6 cm³/mol. The molecule has 26 heavy (non-hydrogen) atoms. The summed E-state index contributed by atoms with van der Waals surface area (Å²) in [6.45, 7) is 1.21. The second-order valence-electron chi connectivity index (χ2n) is 6.41. The molecule has 0 aromatic carbocycles. The van der Waals surface area contributed by atoms with Crippen molar-refractivity contribution in [2.24, 2.45) is 0 Å². The van der Waals surface area contributed by atoms with E-state index in [1.54, 1.807) is 30.6 Å². The first-order valence-electron chi connectivity index (χ1n) is 8.37. The fourth-order valence-electron chi connectivity index (χ4n) is 3.11. The van der Waals surface area contributed by atoms with Crippen LogP contribution in [-0.2, 0) is 4.79 Å². The zero-order chi connectivity index (χ0) is 18.7. The molecule has 0 fully saturated rings. The van der Waals surface area contributed by atoms with E-state index >= 15 is 0 Å². The van der Waals surface area contributed by atoms with Gasteiger partial charge in [0.05, 0.1) is 17.9 Å². The maximum absolute atomic E-state index is 12.9. The summed E-state index contributed by atoms with van der Waals surface area (Å²) >= 11 is 0. The van der Waals surface area contributed by atoms with Gasteiger partial charge in [0.15, 0.2) is 11.5 Å². The minimum absolute atomic E-state index is 0.0426. The van der Waals surface area contributed by atoms with Crippen molar-refractivity contribution in [3.05, 3.63) is 65.6 Å². The third-order valence-electron chi connectivity index (χ3n) is 4.32. The van der Waals surface area contributed by atoms with Gasteiger partial charge in [-0.3, -0.25) is 14.6 Å². The van der Waals surface area contributed by atoms with E-state index in [-0.39, 0.29) is 11.3 Å². The van der Waals surface area contributed by atoms with Gasteiger partial charge in [-0.25, -0.2) is 0 Å². The number of hydrogen-bond donors (Lipinski definition) is 1. The number of rotatable bonds is 7. The Labute approximate surface area is 151 Å². The van der Waals surface area contributed by atoms with Crippen LogP contribution >= 0.6 is 0 Å². The minimum atomic E-state index is -0.662. The monoisotopic (exact) mass is 355 g/mol. The summed E-state index contributed by atoms with van der Waals surface area (Å²) in [7, 11) is 3.90. The number of carbonyl (C=O) groups is 2. The number of aliphatic hydroxyl groups is 1. The van der Waals surface area contributed by atoms with E-state index in [1.807, 2.05) is 19.0 Å². The Morgan fingerprint density at radius 3 is 2.65 bits per heavy atom. The molecule has 1 aliphatic heterocycles. The van der Waals surface area contributed by atoms with Crippen LogP contribution in [0.2, 0.25) is 0 Å². The topological polar surface area (TPSA) is 86.9 Å². The molecule has 7 heteroatoms. The smallest absolute Gasteiger partial charge is 0.290 e. The van der Waals surface area contributed by atoms with Crippen LogP contribution in [-0.4, -0.2) is 58.8 Å². The molecule has 0 saturated carbocycles. The molecule has 0 radical (unpaired) electrons. The quantitative estimate of drug-likeness (QED) is 0.766. The summed E-state index contributed by atoms with van der Waals surface area (Å²) in [5.41, 5.74) is 0.762. The van der Waals surface area contributed by atoms with Crippen molar-refractivity contribution < 1.29 is 19.1 Å². The molecule has 0 aliphatic carbocycles. The number of aromatic nitrogens is 1. The standard InChI is InChI=1S/C19H21N3O4/c1-21(2)10-4-11-22-16(13-6-8-20-9-7-13)15(18(24)19(22)25)17(23)14-5-3-12-26-14/h3,5-9,12,16,24H,4,10-11H2,1-2H3/t16-/m0/s1. The van der Waals surface area contributed by atoms with Gasteiger partial charge in [0.1, 0.15) is 0 Å². The molecule has 1 amide bonds. The van der Waals surface area contributed by atoms with Crippen LogP contribution < -0.4 is 0 Å². The van der Waals surface area contributed by atoms with Crippen molar-refractivity contribution in [1.82, 2.24) is 14.8 Å². The van der Waals surface area contributed by atoms with Crippen molar-refractivity contribution in [3.63, 3.8) is 0 Å². The average Bonchev–Trinajstić information content (AvgIpc) is 3.24. The molecule has 136 valence electrons. The van der Waals surface area contributed by atoms with Crippen molar-refractivity contribution in [1.29, 1.82) is 0 Å². The summed E-state index contributed by atoms with van der Waals surface area (Å²) in [5.74, 6) is -1.45. The zero-order valence-corrected chi connectivity index (χ0v) is 14.8. The summed E-state index contributed by atoms with van der Waals surface area (Å²) in [4.78, 5) is 33.1. The fourth-order valence-corrected chi connectivity index (χ4v) is 3.11. The number of amides is 1. The Bertz CT molecular complexity index is 813. The lowest BCUT2D eigenvalue weighted by atomic mass is 9.96. The Morgan fingerprint density at radius 2 is 2.04 bits per heavy atom. The Morgan fingerprint density at radius 1 is 1.31 bits per heavy atom. The van der Waals surface area contributed by atoms with E-state index in [0.29, 0.717) is 6.54 Å². The lowest BCUT2D eigenvalue weighted by molar-refractivity contribution is -0.129. The highest BCUT2D eigenvalue weighted by molar-refractivity contribution is 6.14. The molecule has 0 saturated heterocycles. The van der Waals surface area contributed by atoms with Gasteiger partial charge in [0.25, 0.3) is 5.91 Å². The van der Waals surface area contributed by atoms with E-state index in [1.165, 1.54) is 17.2 Å². The number of hydrogen-bond acceptors (Lipinski definition) is 6. The first-order valence-corrected chi connectivity index (χ1v) is 8.37. The molecule has 7 nitrogen and oxygen atoms in total. The molecule has 1 N–H and O–H groups in total. The van der Waals surface area contributed by atoms with E-state index in [2.05, 4.69) is 4.98 Å². The molecule has 1 aliphatic rings. The van der Waals surface area contributed by atoms with Gasteiger partial charge in [-0.1, -0.05) is 0 Å². The molecule has 2 aromatic rings. The van der Waals surface area contributed by atoms with Gasteiger partial charge in [0, 0.05) is 18.9 Å². The molecule has 2 aromatic heterocycles. The predicted octanol–water partition coefficient (Wildman–Crippen LogP) is 2.20. The van der Waals surface area contributed by atoms with Gasteiger partial charge < -0.3 is 19.3 Å². The number of ketones is 1. The van der Waals surface area contributed by atoms with Gasteiger partial charge in [-0.15, -0.1) is 0 Å². The van der Waals surface area contributed by atoms with Crippen molar-refractivity contribution in [2.45, 2.75) is 12.5 Å². The third-order valence-corrected chi connectivity index (χ3v) is 4.32. The SMILES string of the molecule is CN(C)CCCN1C(=O)C(O)=C(C(=O)c2ccco2)[C@@H]1c1ccncc1. The number of pyridine rings is 1. The molecule has 0 bridgehead atoms. The number of nitrogens with zero attached hydrogens (tertiary/aromatic N) is 3. The van der Waals surface area contributed by atoms with Crippen molar-refractivity contribution in [2.75, 3.05) is 27.2 Å². The Kier molecular flexibility index (Phi) is 5.18. The van der Waals surface area contributed by atoms with Gasteiger partial charge in [-0.2, -0.15) is 0 Å². The number of furan rings is 1. The average molecular weight is 355 g/mol. The van der Waals surface area contributed by atoms with E-state index in [4.69, 9.17) is 4.42 Å². The Hall–Kier alpha value is -2.93. The number of carbonyl (C=O) groups excluding carboxylic acids is 2. The second-order valence-corrected chi connectivity index (χ2v) is 6.41. The zero-order valence-electron chi connectivity index (χ0n) is 14.8. The number of Topliss-reactive ketones (excluding diaryl/α,β-unsaturated/α-hetero) is 1. The first-order chi connectivity index (χ1) is 12.5. The lowest BCUT2D eigenvalue weighted by Gasteiger charge is -2.27. The molecule has 0 unspecified atom stereocenters. The Balaban J connectivity index is 1.97. The van der Waals surface area contributed by atoms with Crippen LogP contribution in [0.1, 0.15) is 28.6 Å². The largest absolute Gasteiger partial charge is 0.503 e. The molecule has 3 rings (SSSR count). The first kappa shape index (κ1) is 17.9. The molecular weight excluding hydrogens is 334 g/mol. The van der Waals surface area contributed by atoms with Crippen LogP contribution in [0.25, 0.3) is 0 Å². The van der Waals surface area contributed by atoms with Gasteiger partial charge >= 0.3 is 0 Å². The normalized spacial score (nSPS) is 17.4. The molecule has 0 spiro atoms. The second kappa shape index (κ2) is 7.53. The van der Waals surface area contributed by atoms with Crippen LogP contribution in [0.3, 0.4) is 0 Å². The maximum atomic E-state index is 12.9. The highest BCUT2D eigenvalue weighted by Gasteiger charge is 2.44. The molecule has 3 heterocycles. The van der Waals surface area contributed by atoms with E-state index in [0.717, 1.165) is 18.5 Å². The summed E-state index contributed by atoms with van der Waals surface area (Å²) in [6.07, 6.45) is 5.30. The van der Waals surface area contributed by atoms with E-state index in [9.17, 15) is 14.7 Å². The maximum Gasteiger partial charge on any atom is 0.290 e. The molecular formula is C19H21N3O4. The fraction of sp³-hybridized carbons (Fsp3) is 0.316. The number of aliphatic hydroxyl groups excluding tert-OH is 1. The third kappa shape index (κ3) is 3.39. The van der Waals surface area contributed by atoms with Crippen LogP contribution in [0, 0.1) is 0 Å². The van der Waals surface area contributed by atoms with Crippen LogP contribution in [0.15, 0.2) is 58.7 Å². The highest BCUT2D eigenvalue weighted by Crippen LogP contribution is 2.38. The minimum Gasteiger partial charge on any atom is -0.503 e. The highest BCUT2D eigenvalue weighted by atomic mass is 16.3. The lowest BCUT2D eigenvalue weighted by Crippen LogP contribution is -2.33. The van der Waals surface area contributed by atoms with Gasteiger partial charge in [0.2, 0.25) is 5.78 Å². The molecule has 1 atom stereocenters.